The summed E-state index contributed by atoms with van der Waals surface area (Å²) in [6, 6.07) is 14.4. The number of nitro benzene ring substituents is 1. The lowest BCUT2D eigenvalue weighted by atomic mass is 10.0. The van der Waals surface area contributed by atoms with E-state index in [-0.39, 0.29) is 11.5 Å². The molecule has 7 nitrogen and oxygen atoms in total. The summed E-state index contributed by atoms with van der Waals surface area (Å²) in [6.45, 7) is 5.24. The highest BCUT2D eigenvalue weighted by Gasteiger charge is 2.23. The van der Waals surface area contributed by atoms with E-state index in [2.05, 4.69) is 5.32 Å². The zero-order valence-electron chi connectivity index (χ0n) is 16.6. The molecule has 1 N–H and O–H groups in total. The molecule has 0 aliphatic heterocycles. The first-order chi connectivity index (χ1) is 13.6. The molecule has 0 aliphatic rings. The Kier molecular flexibility index (Phi) is 7.25. The molecule has 1 atom stereocenters. The first kappa shape index (κ1) is 21.8. The molecule has 152 valence electrons. The van der Waals surface area contributed by atoms with E-state index in [1.165, 1.54) is 18.2 Å². The molecule has 0 unspecified atom stereocenters. The van der Waals surface area contributed by atoms with E-state index in [1.807, 2.05) is 30.3 Å². The SMILES string of the molecule is CC(C)(C)OC(=O)N[C@@H](Cc1ccccc1)C(=O)C=Cc1ccc([N+](=O)[O-])cc1. The van der Waals surface area contributed by atoms with Crippen LogP contribution in [0.25, 0.3) is 6.08 Å². The number of non-ortho nitro benzene ring substituents is 1. The van der Waals surface area contributed by atoms with Gasteiger partial charge in [0, 0.05) is 18.6 Å². The van der Waals surface area contributed by atoms with Crippen molar-refractivity contribution in [3.8, 4) is 0 Å². The molecule has 0 bridgehead atoms. The van der Waals surface area contributed by atoms with Gasteiger partial charge in [-0.05, 0) is 50.1 Å². The molecule has 0 saturated carbocycles. The van der Waals surface area contributed by atoms with Crippen LogP contribution in [0.2, 0.25) is 0 Å². The Bertz CT molecular complexity index is 884. The lowest BCUT2D eigenvalue weighted by Gasteiger charge is -2.22. The van der Waals surface area contributed by atoms with Crippen molar-refractivity contribution in [1.29, 1.82) is 0 Å². The average molecular weight is 396 g/mol. The fourth-order valence-electron chi connectivity index (χ4n) is 2.52. The third-order valence-electron chi connectivity index (χ3n) is 3.86. The molecular weight excluding hydrogens is 372 g/mol. The molecule has 2 aromatic carbocycles. The highest BCUT2D eigenvalue weighted by molar-refractivity contribution is 5.99. The van der Waals surface area contributed by atoms with E-state index >= 15 is 0 Å². The summed E-state index contributed by atoms with van der Waals surface area (Å²) in [6.07, 6.45) is 2.55. The Labute approximate surface area is 169 Å². The molecule has 0 saturated heterocycles. The summed E-state index contributed by atoms with van der Waals surface area (Å²) in [5, 5.41) is 13.4. The Morgan fingerprint density at radius 3 is 2.28 bits per heavy atom. The van der Waals surface area contributed by atoms with E-state index in [4.69, 9.17) is 4.74 Å². The van der Waals surface area contributed by atoms with Crippen molar-refractivity contribution in [2.45, 2.75) is 38.8 Å². The van der Waals surface area contributed by atoms with Crippen LogP contribution in [0.5, 0.6) is 0 Å². The van der Waals surface area contributed by atoms with Gasteiger partial charge < -0.3 is 10.1 Å². The number of amides is 1. The number of carbonyl (C=O) groups excluding carboxylic acids is 2. The first-order valence-electron chi connectivity index (χ1n) is 9.14. The zero-order chi connectivity index (χ0) is 21.4. The molecule has 0 heterocycles. The van der Waals surface area contributed by atoms with Gasteiger partial charge in [0.1, 0.15) is 5.60 Å². The Morgan fingerprint density at radius 1 is 1.10 bits per heavy atom. The molecule has 0 radical (unpaired) electrons. The standard InChI is InChI=1S/C22H24N2O5/c1-22(2,3)29-21(26)23-19(15-17-7-5-4-6-8-17)20(25)14-11-16-9-12-18(13-10-16)24(27)28/h4-14,19H,15H2,1-3H3,(H,23,26)/t19-/m0/s1. The van der Waals surface area contributed by atoms with Crippen molar-refractivity contribution in [1.82, 2.24) is 5.32 Å². The number of hydrogen-bond donors (Lipinski definition) is 1. The van der Waals surface area contributed by atoms with Crippen molar-refractivity contribution >= 4 is 23.6 Å². The van der Waals surface area contributed by atoms with Gasteiger partial charge in [0.25, 0.3) is 5.69 Å². The molecule has 0 aromatic heterocycles. The summed E-state index contributed by atoms with van der Waals surface area (Å²) in [5.41, 5.74) is 0.825. The number of hydrogen-bond acceptors (Lipinski definition) is 5. The monoisotopic (exact) mass is 396 g/mol. The van der Waals surface area contributed by atoms with Crippen LogP contribution < -0.4 is 5.32 Å². The minimum Gasteiger partial charge on any atom is -0.444 e. The lowest BCUT2D eigenvalue weighted by molar-refractivity contribution is -0.384. The molecule has 0 aliphatic carbocycles. The maximum absolute atomic E-state index is 12.7. The Morgan fingerprint density at radius 2 is 1.72 bits per heavy atom. The summed E-state index contributed by atoms with van der Waals surface area (Å²) in [5.74, 6) is -0.307. The number of carbonyl (C=O) groups is 2. The van der Waals surface area contributed by atoms with E-state index in [0.717, 1.165) is 5.56 Å². The number of ether oxygens (including phenoxy) is 1. The number of rotatable bonds is 7. The van der Waals surface area contributed by atoms with Gasteiger partial charge in [-0.25, -0.2) is 4.79 Å². The van der Waals surface area contributed by atoms with Gasteiger partial charge in [0.15, 0.2) is 5.78 Å². The number of nitrogens with zero attached hydrogens (tertiary/aromatic N) is 1. The van der Waals surface area contributed by atoms with Gasteiger partial charge in [-0.1, -0.05) is 36.4 Å². The molecular formula is C22H24N2O5. The maximum atomic E-state index is 12.7. The number of nitrogens with one attached hydrogen (secondary N) is 1. The van der Waals surface area contributed by atoms with Crippen molar-refractivity contribution in [3.05, 3.63) is 81.9 Å². The zero-order valence-corrected chi connectivity index (χ0v) is 16.6. The molecule has 29 heavy (non-hydrogen) atoms. The van der Waals surface area contributed by atoms with Crippen molar-refractivity contribution in [2.24, 2.45) is 0 Å². The Hall–Kier alpha value is -3.48. The second-order valence-corrected chi connectivity index (χ2v) is 7.47. The van der Waals surface area contributed by atoms with Crippen LogP contribution in [0.1, 0.15) is 31.9 Å². The van der Waals surface area contributed by atoms with Crippen LogP contribution in [0.4, 0.5) is 10.5 Å². The molecule has 0 spiro atoms. The third-order valence-corrected chi connectivity index (χ3v) is 3.86. The van der Waals surface area contributed by atoms with Gasteiger partial charge in [-0.2, -0.15) is 0 Å². The average Bonchev–Trinajstić information content (AvgIpc) is 2.65. The van der Waals surface area contributed by atoms with Crippen LogP contribution in [-0.4, -0.2) is 28.4 Å². The Balaban J connectivity index is 2.14. The topological polar surface area (TPSA) is 98.5 Å². The molecule has 0 fully saturated rings. The number of ketones is 1. The molecule has 1 amide bonds. The highest BCUT2D eigenvalue weighted by Crippen LogP contribution is 2.14. The largest absolute Gasteiger partial charge is 0.444 e. The normalized spacial score (nSPS) is 12.4. The fraction of sp³-hybridized carbons (Fsp3) is 0.273. The maximum Gasteiger partial charge on any atom is 0.408 e. The lowest BCUT2D eigenvalue weighted by Crippen LogP contribution is -2.44. The van der Waals surface area contributed by atoms with Gasteiger partial charge >= 0.3 is 6.09 Å². The van der Waals surface area contributed by atoms with E-state index < -0.39 is 22.7 Å². The van der Waals surface area contributed by atoms with Crippen LogP contribution in [0.3, 0.4) is 0 Å². The van der Waals surface area contributed by atoms with Gasteiger partial charge in [0.05, 0.1) is 11.0 Å². The number of nitro groups is 1. The highest BCUT2D eigenvalue weighted by atomic mass is 16.6. The predicted molar refractivity (Wildman–Crippen MR) is 110 cm³/mol. The second-order valence-electron chi connectivity index (χ2n) is 7.47. The van der Waals surface area contributed by atoms with Crippen molar-refractivity contribution in [2.75, 3.05) is 0 Å². The van der Waals surface area contributed by atoms with Gasteiger partial charge in [-0.3, -0.25) is 14.9 Å². The van der Waals surface area contributed by atoms with Crippen molar-refractivity contribution < 1.29 is 19.2 Å². The summed E-state index contributed by atoms with van der Waals surface area (Å²) >= 11 is 0. The van der Waals surface area contributed by atoms with Crippen LogP contribution >= 0.6 is 0 Å². The van der Waals surface area contributed by atoms with E-state index in [1.54, 1.807) is 39.0 Å². The van der Waals surface area contributed by atoms with Crippen molar-refractivity contribution in [3.63, 3.8) is 0 Å². The first-order valence-corrected chi connectivity index (χ1v) is 9.14. The molecule has 2 aromatic rings. The van der Waals surface area contributed by atoms with Crippen LogP contribution in [-0.2, 0) is 16.0 Å². The summed E-state index contributed by atoms with van der Waals surface area (Å²) in [4.78, 5) is 35.1. The van der Waals surface area contributed by atoms with Crippen LogP contribution in [0.15, 0.2) is 60.7 Å². The van der Waals surface area contributed by atoms with E-state index in [0.29, 0.717) is 12.0 Å². The molecule has 7 heteroatoms. The van der Waals surface area contributed by atoms with E-state index in [9.17, 15) is 19.7 Å². The number of alkyl carbamates (subject to hydrolysis) is 1. The van der Waals surface area contributed by atoms with Gasteiger partial charge in [-0.15, -0.1) is 0 Å². The second kappa shape index (κ2) is 9.64. The predicted octanol–water partition coefficient (Wildman–Crippen LogP) is 4.31. The minimum absolute atomic E-state index is 0.0259. The van der Waals surface area contributed by atoms with Gasteiger partial charge in [0.2, 0.25) is 0 Å². The quantitative estimate of drug-likeness (QED) is 0.427. The molecule has 2 rings (SSSR count). The van der Waals surface area contributed by atoms with Crippen LogP contribution in [0, 0.1) is 10.1 Å². The third kappa shape index (κ3) is 7.57. The summed E-state index contributed by atoms with van der Waals surface area (Å²) in [7, 11) is 0. The fourth-order valence-corrected chi connectivity index (χ4v) is 2.52. The summed E-state index contributed by atoms with van der Waals surface area (Å²) < 4.78 is 5.26. The number of benzene rings is 2. The minimum atomic E-state index is -0.804. The smallest absolute Gasteiger partial charge is 0.408 e.